The van der Waals surface area contributed by atoms with Crippen LogP contribution in [0.25, 0.3) is 16.6 Å². The molecule has 0 radical (unpaired) electrons. The Labute approximate surface area is 232 Å². The summed E-state index contributed by atoms with van der Waals surface area (Å²) in [7, 11) is 0. The van der Waals surface area contributed by atoms with Crippen molar-refractivity contribution >= 4 is 38.7 Å². The summed E-state index contributed by atoms with van der Waals surface area (Å²) in [5.74, 6) is 1.19. The largest absolute Gasteiger partial charge is 0.489 e. The van der Waals surface area contributed by atoms with Gasteiger partial charge >= 0.3 is 0 Å². The van der Waals surface area contributed by atoms with Gasteiger partial charge in [-0.3, -0.25) is 14.9 Å². The van der Waals surface area contributed by atoms with Crippen molar-refractivity contribution in [1.82, 2.24) is 14.2 Å². The lowest BCUT2D eigenvalue weighted by molar-refractivity contribution is -0.384. The Morgan fingerprint density at radius 3 is 2.44 bits per heavy atom. The molecule has 0 atom stereocenters. The zero-order chi connectivity index (χ0) is 27.7. The van der Waals surface area contributed by atoms with E-state index >= 15 is 0 Å². The van der Waals surface area contributed by atoms with Crippen molar-refractivity contribution in [3.8, 4) is 11.4 Å². The highest BCUT2D eigenvalue weighted by Crippen LogP contribution is 2.23. The maximum absolute atomic E-state index is 13.1. The van der Waals surface area contributed by atoms with Gasteiger partial charge in [0.1, 0.15) is 18.2 Å². The summed E-state index contributed by atoms with van der Waals surface area (Å²) >= 11 is 3.41. The fourth-order valence-corrected chi connectivity index (χ4v) is 4.76. The second-order valence-electron chi connectivity index (χ2n) is 9.05. The first-order valence-electron chi connectivity index (χ1n) is 12.1. The minimum absolute atomic E-state index is 0.0503. The maximum Gasteiger partial charge on any atom is 0.282 e. The highest BCUT2D eigenvalue weighted by Gasteiger charge is 2.12. The highest BCUT2D eigenvalue weighted by molar-refractivity contribution is 9.10. The summed E-state index contributed by atoms with van der Waals surface area (Å²) < 4.78 is 10.1. The van der Waals surface area contributed by atoms with E-state index in [0.717, 1.165) is 32.7 Å². The molecular weight excluding hydrogens is 562 g/mol. The van der Waals surface area contributed by atoms with Crippen molar-refractivity contribution in [1.29, 1.82) is 0 Å². The van der Waals surface area contributed by atoms with Crippen LogP contribution >= 0.6 is 15.9 Å². The number of aromatic nitrogens is 3. The van der Waals surface area contributed by atoms with Crippen LogP contribution in [-0.2, 0) is 6.61 Å². The zero-order valence-electron chi connectivity index (χ0n) is 21.5. The van der Waals surface area contributed by atoms with Gasteiger partial charge in [-0.25, -0.2) is 4.98 Å². The number of nitrogens with zero attached hydrogens (tertiary/aromatic N) is 5. The molecule has 5 rings (SSSR count). The molecule has 0 saturated carbocycles. The molecular formula is C29H24BrN5O4. The molecule has 3 aromatic carbocycles. The molecule has 10 heteroatoms. The topological polar surface area (TPSA) is 105 Å². The van der Waals surface area contributed by atoms with Crippen LogP contribution in [0.5, 0.6) is 5.75 Å². The molecule has 196 valence electrons. The Bertz CT molecular complexity index is 1790. The lowest BCUT2D eigenvalue weighted by Crippen LogP contribution is -2.20. The van der Waals surface area contributed by atoms with Crippen LogP contribution in [0.3, 0.4) is 0 Å². The number of hydrogen-bond acceptors (Lipinski definition) is 6. The number of rotatable bonds is 7. The van der Waals surface area contributed by atoms with Crippen LogP contribution in [0.2, 0.25) is 0 Å². The van der Waals surface area contributed by atoms with Gasteiger partial charge in [0.25, 0.3) is 11.2 Å². The molecule has 0 spiro atoms. The Morgan fingerprint density at radius 2 is 1.74 bits per heavy atom. The van der Waals surface area contributed by atoms with Crippen LogP contribution in [0.15, 0.2) is 87.2 Å². The average Bonchev–Trinajstić information content (AvgIpc) is 3.21. The second kappa shape index (κ2) is 10.7. The highest BCUT2D eigenvalue weighted by atomic mass is 79.9. The lowest BCUT2D eigenvalue weighted by atomic mass is 10.2. The SMILES string of the molecule is Cc1cc(C=Nn2c(C)nc3ccc(Br)cc3c2=O)c(C)n1-c1ccc(OCc2ccc([N+](=O)[O-])cc2)cc1. The van der Waals surface area contributed by atoms with Crippen molar-refractivity contribution in [2.75, 3.05) is 0 Å². The average molecular weight is 586 g/mol. The number of hydrogen-bond donors (Lipinski definition) is 0. The Hall–Kier alpha value is -4.57. The van der Waals surface area contributed by atoms with Gasteiger partial charge in [0.05, 0.1) is 22.0 Å². The minimum atomic E-state index is -0.424. The molecule has 2 aromatic heterocycles. The van der Waals surface area contributed by atoms with Crippen molar-refractivity contribution in [3.05, 3.63) is 126 Å². The zero-order valence-corrected chi connectivity index (χ0v) is 23.0. The van der Waals surface area contributed by atoms with E-state index in [4.69, 9.17) is 4.74 Å². The van der Waals surface area contributed by atoms with Crippen LogP contribution in [-0.4, -0.2) is 25.4 Å². The van der Waals surface area contributed by atoms with E-state index in [-0.39, 0.29) is 11.2 Å². The summed E-state index contributed by atoms with van der Waals surface area (Å²) in [6, 6.07) is 21.4. The third kappa shape index (κ3) is 5.37. The van der Waals surface area contributed by atoms with Gasteiger partial charge in [0.15, 0.2) is 0 Å². The van der Waals surface area contributed by atoms with E-state index in [9.17, 15) is 14.9 Å². The third-order valence-electron chi connectivity index (χ3n) is 6.40. The van der Waals surface area contributed by atoms with Crippen molar-refractivity contribution in [3.63, 3.8) is 0 Å². The Morgan fingerprint density at radius 1 is 1.03 bits per heavy atom. The van der Waals surface area contributed by atoms with E-state index in [0.29, 0.717) is 29.1 Å². The monoisotopic (exact) mass is 585 g/mol. The number of fused-ring (bicyclic) bond motifs is 1. The molecule has 0 amide bonds. The standard InChI is InChI=1S/C29H24BrN5O4/c1-18-14-22(16-31-34-20(3)32-28-13-6-23(30)15-27(28)29(34)36)19(2)33(18)24-9-11-26(12-10-24)39-17-21-4-7-25(8-5-21)35(37)38/h4-16H,17H2,1-3H3. The fourth-order valence-electron chi connectivity index (χ4n) is 4.40. The van der Waals surface area contributed by atoms with Crippen LogP contribution in [0, 0.1) is 30.9 Å². The summed E-state index contributed by atoms with van der Waals surface area (Å²) in [6.45, 7) is 6.07. The van der Waals surface area contributed by atoms with Crippen LogP contribution < -0.4 is 10.3 Å². The molecule has 0 aliphatic rings. The molecule has 5 aromatic rings. The molecule has 2 heterocycles. The minimum Gasteiger partial charge on any atom is -0.489 e. The van der Waals surface area contributed by atoms with Crippen molar-refractivity contribution < 1.29 is 9.66 Å². The first-order chi connectivity index (χ1) is 18.7. The van der Waals surface area contributed by atoms with Gasteiger partial charge in [0, 0.05) is 39.2 Å². The van der Waals surface area contributed by atoms with Gasteiger partial charge < -0.3 is 9.30 Å². The predicted octanol–water partition coefficient (Wildman–Crippen LogP) is 6.24. The van der Waals surface area contributed by atoms with E-state index in [1.807, 2.05) is 56.3 Å². The van der Waals surface area contributed by atoms with Crippen LogP contribution in [0.1, 0.15) is 28.3 Å². The van der Waals surface area contributed by atoms with E-state index in [2.05, 4.69) is 30.6 Å². The van der Waals surface area contributed by atoms with E-state index in [1.54, 1.807) is 31.3 Å². The number of aryl methyl sites for hydroxylation is 2. The molecule has 0 bridgehead atoms. The molecule has 0 unspecified atom stereocenters. The Balaban J connectivity index is 1.35. The molecule has 0 N–H and O–H groups in total. The van der Waals surface area contributed by atoms with E-state index in [1.165, 1.54) is 16.8 Å². The molecule has 0 aliphatic heterocycles. The number of non-ortho nitro benzene ring substituents is 1. The van der Waals surface area contributed by atoms with Gasteiger partial charge in [-0.05, 0) is 87.0 Å². The van der Waals surface area contributed by atoms with E-state index < -0.39 is 4.92 Å². The first-order valence-corrected chi connectivity index (χ1v) is 12.9. The van der Waals surface area contributed by atoms with Gasteiger partial charge in [-0.2, -0.15) is 9.78 Å². The molecule has 0 saturated heterocycles. The van der Waals surface area contributed by atoms with Gasteiger partial charge in [-0.1, -0.05) is 15.9 Å². The van der Waals surface area contributed by atoms with Crippen molar-refractivity contribution in [2.45, 2.75) is 27.4 Å². The summed E-state index contributed by atoms with van der Waals surface area (Å²) in [4.78, 5) is 28.0. The molecule has 0 aliphatic carbocycles. The number of ether oxygens (including phenoxy) is 1. The van der Waals surface area contributed by atoms with Crippen LogP contribution in [0.4, 0.5) is 5.69 Å². The number of halogens is 1. The lowest BCUT2D eigenvalue weighted by Gasteiger charge is -2.11. The quantitative estimate of drug-likeness (QED) is 0.128. The molecule has 0 fully saturated rings. The Kier molecular flexibility index (Phi) is 7.12. The van der Waals surface area contributed by atoms with Crippen molar-refractivity contribution in [2.24, 2.45) is 5.10 Å². The summed E-state index contributed by atoms with van der Waals surface area (Å²) in [5, 5.41) is 15.8. The van der Waals surface area contributed by atoms with Gasteiger partial charge in [0.2, 0.25) is 0 Å². The molecule has 39 heavy (non-hydrogen) atoms. The predicted molar refractivity (Wildman–Crippen MR) is 154 cm³/mol. The third-order valence-corrected chi connectivity index (χ3v) is 6.89. The number of nitro benzene ring substituents is 1. The molecule has 9 nitrogen and oxygen atoms in total. The first kappa shape index (κ1) is 26.1. The summed E-state index contributed by atoms with van der Waals surface area (Å²) in [5.41, 5.74) is 5.11. The number of nitro groups is 1. The maximum atomic E-state index is 13.1. The summed E-state index contributed by atoms with van der Waals surface area (Å²) in [6.07, 6.45) is 1.68. The normalized spacial score (nSPS) is 11.4. The number of benzene rings is 3. The van der Waals surface area contributed by atoms with Gasteiger partial charge in [-0.15, -0.1) is 0 Å². The second-order valence-corrected chi connectivity index (χ2v) is 9.97. The fraction of sp³-hybridized carbons (Fsp3) is 0.138. The smallest absolute Gasteiger partial charge is 0.282 e.